The first-order valence-corrected chi connectivity index (χ1v) is 13.4. The van der Waals surface area contributed by atoms with Gasteiger partial charge in [-0.25, -0.2) is 19.4 Å². The molecular weight excluding hydrogens is 527 g/mol. The van der Waals surface area contributed by atoms with Gasteiger partial charge in [0.2, 0.25) is 17.8 Å². The molecule has 2 aromatic heterocycles. The summed E-state index contributed by atoms with van der Waals surface area (Å²) in [5, 5.41) is 10.8. The molecule has 0 aliphatic carbocycles. The summed E-state index contributed by atoms with van der Waals surface area (Å²) in [4.78, 5) is 39.9. The number of rotatable bonds is 8. The van der Waals surface area contributed by atoms with Crippen LogP contribution in [0.25, 0.3) is 11.2 Å². The highest BCUT2D eigenvalue weighted by Gasteiger charge is 2.19. The number of piperazine rings is 1. The number of amides is 2. The Balaban J connectivity index is 1.34. The van der Waals surface area contributed by atoms with Crippen molar-refractivity contribution in [2.45, 2.75) is 26.8 Å². The quantitative estimate of drug-likeness (QED) is 0.253. The minimum Gasteiger partial charge on any atom is -0.326 e. The molecule has 3 heterocycles. The molecule has 4 aromatic rings. The highest BCUT2D eigenvalue weighted by molar-refractivity contribution is 5.94. The lowest BCUT2D eigenvalue weighted by Crippen LogP contribution is -2.52. The van der Waals surface area contributed by atoms with E-state index in [1.54, 1.807) is 18.3 Å². The third kappa shape index (κ3) is 6.58. The average molecular weight is 561 g/mol. The number of hydrogen-bond donors (Lipinski definition) is 4. The van der Waals surface area contributed by atoms with Crippen LogP contribution in [0.3, 0.4) is 0 Å². The van der Waals surface area contributed by atoms with Gasteiger partial charge >= 0.3 is 0 Å². The minimum atomic E-state index is -0.599. The van der Waals surface area contributed by atoms with Crippen LogP contribution in [0.4, 0.5) is 33.3 Å². The zero-order valence-electron chi connectivity index (χ0n) is 23.4. The van der Waals surface area contributed by atoms with Gasteiger partial charge in [0, 0.05) is 56.1 Å². The van der Waals surface area contributed by atoms with Crippen LogP contribution < -0.4 is 21.4 Å². The van der Waals surface area contributed by atoms with Crippen LogP contribution in [-0.2, 0) is 4.79 Å². The molecule has 41 heavy (non-hydrogen) atoms. The highest BCUT2D eigenvalue weighted by Crippen LogP contribution is 2.28. The maximum atomic E-state index is 15.0. The number of nitrogens with one attached hydrogen (secondary N) is 4. The maximum absolute atomic E-state index is 15.0. The fourth-order valence-corrected chi connectivity index (χ4v) is 4.54. The zero-order chi connectivity index (χ0) is 29.1. The fraction of sp³-hybridized carbons (Fsp3) is 0.321. The summed E-state index contributed by atoms with van der Waals surface area (Å²) in [6.07, 6.45) is 1.57. The molecule has 5 rings (SSSR count). The molecule has 2 aromatic carbocycles. The summed E-state index contributed by atoms with van der Waals surface area (Å²) < 4.78 is 16.9. The monoisotopic (exact) mass is 560 g/mol. The molecule has 0 radical (unpaired) electrons. The van der Waals surface area contributed by atoms with Crippen molar-refractivity contribution in [1.29, 1.82) is 0 Å². The van der Waals surface area contributed by atoms with Crippen LogP contribution in [0.5, 0.6) is 0 Å². The second kappa shape index (κ2) is 11.9. The number of carbonyl (C=O) groups excluding carboxylic acids is 2. The second-order valence-corrected chi connectivity index (χ2v) is 10.2. The molecule has 1 aliphatic rings. The van der Waals surface area contributed by atoms with Gasteiger partial charge in [-0.15, -0.1) is 0 Å². The van der Waals surface area contributed by atoms with Crippen LogP contribution in [0.15, 0.2) is 48.7 Å². The zero-order valence-corrected chi connectivity index (χ0v) is 23.4. The van der Waals surface area contributed by atoms with Gasteiger partial charge in [-0.3, -0.25) is 19.6 Å². The molecule has 0 saturated carbocycles. The van der Waals surface area contributed by atoms with Gasteiger partial charge in [-0.1, -0.05) is 6.07 Å². The highest BCUT2D eigenvalue weighted by atomic mass is 19.1. The molecule has 0 unspecified atom stereocenters. The van der Waals surface area contributed by atoms with E-state index in [9.17, 15) is 9.59 Å². The van der Waals surface area contributed by atoms with Crippen molar-refractivity contribution in [2.75, 3.05) is 49.2 Å². The standard InChI is InChI=1S/C28H33FN10O2/c1-17(2)39-25-24(34-28(39)32-21-7-5-6-20(15-21)31-18(3)40)16-30-27(35-25)33-23-9-8-19(14-22(23)29)26(41)36-38-12-10-37(4)11-13-38/h5-9,14-17H,10-13H2,1-4H3,(H,31,40)(H,32,34)(H,36,41)(H,30,33,35). The van der Waals surface area contributed by atoms with E-state index < -0.39 is 5.82 Å². The third-order valence-electron chi connectivity index (χ3n) is 6.63. The van der Waals surface area contributed by atoms with Gasteiger partial charge in [-0.05, 0) is 57.3 Å². The van der Waals surface area contributed by atoms with Gasteiger partial charge in [0.15, 0.2) is 5.65 Å². The number of halogens is 1. The summed E-state index contributed by atoms with van der Waals surface area (Å²) in [5.74, 6) is -0.387. The van der Waals surface area contributed by atoms with Crippen LogP contribution in [0.1, 0.15) is 37.2 Å². The Hall–Kier alpha value is -4.62. The summed E-state index contributed by atoms with van der Waals surface area (Å²) in [6.45, 7) is 8.56. The Bertz CT molecular complexity index is 1580. The Labute approximate surface area is 236 Å². The first-order valence-electron chi connectivity index (χ1n) is 13.4. The number of carbonyl (C=O) groups is 2. The van der Waals surface area contributed by atoms with Gasteiger partial charge in [0.25, 0.3) is 5.91 Å². The van der Waals surface area contributed by atoms with Crippen molar-refractivity contribution in [3.8, 4) is 0 Å². The third-order valence-corrected chi connectivity index (χ3v) is 6.63. The van der Waals surface area contributed by atoms with Crippen molar-refractivity contribution >= 4 is 51.9 Å². The lowest BCUT2D eigenvalue weighted by molar-refractivity contribution is -0.114. The minimum absolute atomic E-state index is 0.0152. The number of hydrogen-bond acceptors (Lipinski definition) is 9. The van der Waals surface area contributed by atoms with E-state index in [0.717, 1.165) is 18.8 Å². The lowest BCUT2D eigenvalue weighted by atomic mass is 10.2. The van der Waals surface area contributed by atoms with Crippen LogP contribution >= 0.6 is 0 Å². The number of nitrogens with zero attached hydrogens (tertiary/aromatic N) is 6. The van der Waals surface area contributed by atoms with Gasteiger partial charge in [0.05, 0.1) is 11.9 Å². The molecule has 1 aliphatic heterocycles. The molecule has 1 saturated heterocycles. The molecule has 2 amide bonds. The number of benzene rings is 2. The van der Waals surface area contributed by atoms with Crippen molar-refractivity contribution in [3.05, 3.63) is 60.0 Å². The Kier molecular flexibility index (Phi) is 8.08. The molecule has 1 fully saturated rings. The summed E-state index contributed by atoms with van der Waals surface area (Å²) >= 11 is 0. The normalized spacial score (nSPS) is 14.3. The SMILES string of the molecule is CC(=O)Nc1cccc(Nc2nc3cnc(Nc4ccc(C(=O)NN5CCN(C)CC5)cc4F)nc3n2C(C)C)c1. The van der Waals surface area contributed by atoms with Crippen molar-refractivity contribution < 1.29 is 14.0 Å². The van der Waals surface area contributed by atoms with E-state index in [-0.39, 0.29) is 35.1 Å². The molecule has 12 nitrogen and oxygen atoms in total. The molecule has 4 N–H and O–H groups in total. The Morgan fingerprint density at radius 1 is 0.976 bits per heavy atom. The molecule has 13 heteroatoms. The largest absolute Gasteiger partial charge is 0.326 e. The Morgan fingerprint density at radius 3 is 2.44 bits per heavy atom. The van der Waals surface area contributed by atoms with Crippen molar-refractivity contribution in [3.63, 3.8) is 0 Å². The lowest BCUT2D eigenvalue weighted by Gasteiger charge is -2.32. The number of anilines is 5. The van der Waals surface area contributed by atoms with Crippen molar-refractivity contribution in [1.82, 2.24) is 34.9 Å². The predicted molar refractivity (Wildman–Crippen MR) is 156 cm³/mol. The van der Waals surface area contributed by atoms with Crippen LogP contribution in [0, 0.1) is 5.82 Å². The first-order chi connectivity index (χ1) is 19.7. The van der Waals surface area contributed by atoms with Gasteiger partial charge < -0.3 is 20.9 Å². The molecule has 0 spiro atoms. The average Bonchev–Trinajstić information content (AvgIpc) is 3.28. The van der Waals surface area contributed by atoms with E-state index in [0.29, 0.717) is 35.9 Å². The van der Waals surface area contributed by atoms with E-state index in [1.165, 1.54) is 19.1 Å². The molecule has 214 valence electrons. The number of hydrazine groups is 1. The second-order valence-electron chi connectivity index (χ2n) is 10.2. The number of aromatic nitrogens is 4. The summed E-state index contributed by atoms with van der Waals surface area (Å²) in [5.41, 5.74) is 5.71. The topological polar surface area (TPSA) is 132 Å². The van der Waals surface area contributed by atoms with E-state index in [1.807, 2.05) is 48.7 Å². The smallest absolute Gasteiger partial charge is 0.265 e. The van der Waals surface area contributed by atoms with Gasteiger partial charge in [0.1, 0.15) is 11.3 Å². The fourth-order valence-electron chi connectivity index (χ4n) is 4.54. The maximum Gasteiger partial charge on any atom is 0.265 e. The number of imidazole rings is 1. The summed E-state index contributed by atoms with van der Waals surface area (Å²) in [6, 6.07) is 11.5. The van der Waals surface area contributed by atoms with E-state index in [4.69, 9.17) is 0 Å². The predicted octanol–water partition coefficient (Wildman–Crippen LogP) is 3.88. The van der Waals surface area contributed by atoms with Crippen LogP contribution in [0.2, 0.25) is 0 Å². The summed E-state index contributed by atoms with van der Waals surface area (Å²) in [7, 11) is 2.03. The number of likely N-dealkylation sites (N-methyl/N-ethyl adjacent to an activating group) is 1. The molecule has 0 atom stereocenters. The van der Waals surface area contributed by atoms with E-state index >= 15 is 4.39 Å². The molecule has 0 bridgehead atoms. The van der Waals surface area contributed by atoms with Crippen molar-refractivity contribution in [2.24, 2.45) is 0 Å². The van der Waals surface area contributed by atoms with E-state index in [2.05, 4.69) is 41.2 Å². The molecular formula is C28H33FN10O2. The van der Waals surface area contributed by atoms with Gasteiger partial charge in [-0.2, -0.15) is 4.98 Å². The Morgan fingerprint density at radius 2 is 1.73 bits per heavy atom. The van der Waals surface area contributed by atoms with Crippen LogP contribution in [-0.4, -0.2) is 74.5 Å². The first kappa shape index (κ1) is 27.9. The number of fused-ring (bicyclic) bond motifs is 1.